The number of phenols is 1. The van der Waals surface area contributed by atoms with E-state index in [1.54, 1.807) is 26.0 Å². The van der Waals surface area contributed by atoms with E-state index in [0.717, 1.165) is 12.8 Å². The van der Waals surface area contributed by atoms with Crippen molar-refractivity contribution in [1.82, 2.24) is 4.72 Å². The first-order chi connectivity index (χ1) is 14.0. The fourth-order valence-corrected chi connectivity index (χ4v) is 4.32. The maximum absolute atomic E-state index is 12.5. The Kier molecular flexibility index (Phi) is 5.99. The smallest absolute Gasteiger partial charge is 0.312 e. The Bertz CT molecular complexity index is 1090. The highest BCUT2D eigenvalue weighted by atomic mass is 32.2. The number of hydrogen-bond acceptors (Lipinski definition) is 6. The van der Waals surface area contributed by atoms with Gasteiger partial charge in [-0.3, -0.25) is 9.59 Å². The fourth-order valence-electron chi connectivity index (χ4n) is 2.90. The minimum absolute atomic E-state index is 0.104. The number of aliphatic carboxylic acids is 1. The number of anilines is 1. The topological polar surface area (TPSA) is 142 Å². The van der Waals surface area contributed by atoms with Crippen LogP contribution in [0.15, 0.2) is 35.2 Å². The van der Waals surface area contributed by atoms with Gasteiger partial charge in [0.05, 0.1) is 0 Å². The van der Waals surface area contributed by atoms with E-state index < -0.39 is 28.3 Å². The van der Waals surface area contributed by atoms with Crippen LogP contribution in [0.3, 0.4) is 0 Å². The molecule has 3 rings (SSSR count). The van der Waals surface area contributed by atoms with Gasteiger partial charge in [-0.15, -0.1) is 0 Å². The second-order valence-corrected chi connectivity index (χ2v) is 8.87. The summed E-state index contributed by atoms with van der Waals surface area (Å²) in [6.07, 6.45) is 0.893. The van der Waals surface area contributed by atoms with E-state index in [4.69, 9.17) is 9.84 Å². The largest absolute Gasteiger partial charge is 0.507 e. The lowest BCUT2D eigenvalue weighted by Crippen LogP contribution is -2.25. The molecule has 1 amide bonds. The Morgan fingerprint density at radius 1 is 1.13 bits per heavy atom. The van der Waals surface area contributed by atoms with Crippen LogP contribution in [0.1, 0.15) is 30.4 Å². The lowest BCUT2D eigenvalue weighted by Gasteiger charge is -2.15. The summed E-state index contributed by atoms with van der Waals surface area (Å²) in [4.78, 5) is 22.0. The number of amides is 1. The molecule has 0 saturated heterocycles. The molecule has 160 valence electrons. The van der Waals surface area contributed by atoms with Gasteiger partial charge in [-0.25, -0.2) is 13.1 Å². The molecular formula is C20H22N2O7S. The molecule has 1 fully saturated rings. The highest BCUT2D eigenvalue weighted by Gasteiger charge is 2.30. The number of aryl methyl sites for hydroxylation is 2. The number of aromatic hydroxyl groups is 1. The molecule has 2 aromatic rings. The Morgan fingerprint density at radius 3 is 2.33 bits per heavy atom. The maximum atomic E-state index is 12.5. The number of sulfonamides is 1. The standard InChI is InChI=1S/C20H22N2O7S/c1-11-7-14(21-18(24)10-19(25)26)8-12(2)20(11)29-15-5-6-16(23)17(9-15)30(27,28)22-13-3-4-13/h5-9,13,22-23H,3-4,10H2,1-2H3,(H,21,24)(H,25,26). The third-order valence-electron chi connectivity index (χ3n) is 4.40. The predicted octanol–water partition coefficient (Wildman–Crippen LogP) is 2.66. The monoisotopic (exact) mass is 434 g/mol. The van der Waals surface area contributed by atoms with Crippen LogP contribution in [-0.2, 0) is 19.6 Å². The Balaban J connectivity index is 1.83. The molecule has 0 heterocycles. The van der Waals surface area contributed by atoms with Crippen molar-refractivity contribution in [3.8, 4) is 17.2 Å². The molecule has 0 bridgehead atoms. The van der Waals surface area contributed by atoms with Crippen LogP contribution >= 0.6 is 0 Å². The molecule has 0 spiro atoms. The second-order valence-electron chi connectivity index (χ2n) is 7.19. The molecule has 9 nitrogen and oxygen atoms in total. The lowest BCUT2D eigenvalue weighted by atomic mass is 10.1. The van der Waals surface area contributed by atoms with Crippen LogP contribution in [0, 0.1) is 13.8 Å². The van der Waals surface area contributed by atoms with Gasteiger partial charge in [0.15, 0.2) is 0 Å². The number of ether oxygens (including phenoxy) is 1. The summed E-state index contributed by atoms with van der Waals surface area (Å²) in [6.45, 7) is 3.48. The Hall–Kier alpha value is -3.11. The van der Waals surface area contributed by atoms with Gasteiger partial charge in [-0.1, -0.05) is 0 Å². The average Bonchev–Trinajstić information content (AvgIpc) is 3.41. The van der Waals surface area contributed by atoms with Gasteiger partial charge >= 0.3 is 5.97 Å². The van der Waals surface area contributed by atoms with E-state index in [1.165, 1.54) is 18.2 Å². The number of phenolic OH excluding ortho intramolecular Hbond substituents is 1. The number of benzene rings is 2. The van der Waals surface area contributed by atoms with Crippen LogP contribution in [0.4, 0.5) is 5.69 Å². The zero-order valence-electron chi connectivity index (χ0n) is 16.4. The molecule has 0 atom stereocenters. The highest BCUT2D eigenvalue weighted by Crippen LogP contribution is 2.35. The SMILES string of the molecule is Cc1cc(NC(=O)CC(=O)O)cc(C)c1Oc1ccc(O)c(S(=O)(=O)NC2CC2)c1. The third-order valence-corrected chi connectivity index (χ3v) is 5.95. The summed E-state index contributed by atoms with van der Waals surface area (Å²) >= 11 is 0. The predicted molar refractivity (Wildman–Crippen MR) is 108 cm³/mol. The molecule has 10 heteroatoms. The van der Waals surface area contributed by atoms with Crippen LogP contribution in [-0.4, -0.2) is 36.5 Å². The van der Waals surface area contributed by atoms with Crippen molar-refractivity contribution in [1.29, 1.82) is 0 Å². The third kappa shape index (κ3) is 5.28. The number of carbonyl (C=O) groups is 2. The van der Waals surface area contributed by atoms with Gasteiger partial charge in [-0.05, 0) is 62.1 Å². The maximum Gasteiger partial charge on any atom is 0.312 e. The molecule has 30 heavy (non-hydrogen) atoms. The van der Waals surface area contributed by atoms with E-state index in [-0.39, 0.29) is 22.4 Å². The summed E-state index contributed by atoms with van der Waals surface area (Å²) < 4.78 is 33.3. The van der Waals surface area contributed by atoms with E-state index in [0.29, 0.717) is 22.6 Å². The molecule has 0 radical (unpaired) electrons. The van der Waals surface area contributed by atoms with Crippen molar-refractivity contribution in [3.05, 3.63) is 41.5 Å². The lowest BCUT2D eigenvalue weighted by molar-refractivity contribution is -0.139. The molecule has 1 saturated carbocycles. The summed E-state index contributed by atoms with van der Waals surface area (Å²) in [6, 6.07) is 7.09. The second kappa shape index (κ2) is 8.33. The number of hydrogen-bond donors (Lipinski definition) is 4. The summed E-state index contributed by atoms with van der Waals surface area (Å²) in [7, 11) is -3.87. The Labute approximate surface area is 173 Å². The van der Waals surface area contributed by atoms with Gasteiger partial charge < -0.3 is 20.3 Å². The molecular weight excluding hydrogens is 412 g/mol. The van der Waals surface area contributed by atoms with Crippen molar-refractivity contribution < 1.29 is 33.0 Å². The molecule has 0 aliphatic heterocycles. The quantitative estimate of drug-likeness (QED) is 0.468. The molecule has 0 aromatic heterocycles. The molecule has 2 aromatic carbocycles. The van der Waals surface area contributed by atoms with Gasteiger partial charge in [0, 0.05) is 17.8 Å². The summed E-state index contributed by atoms with van der Waals surface area (Å²) in [5.41, 5.74) is 1.72. The van der Waals surface area contributed by atoms with E-state index in [1.807, 2.05) is 0 Å². The van der Waals surface area contributed by atoms with Gasteiger partial charge in [0.1, 0.15) is 28.6 Å². The van der Waals surface area contributed by atoms with Gasteiger partial charge in [-0.2, -0.15) is 0 Å². The number of nitrogens with one attached hydrogen (secondary N) is 2. The zero-order chi connectivity index (χ0) is 22.1. The first-order valence-corrected chi connectivity index (χ1v) is 10.7. The number of rotatable bonds is 8. The summed E-state index contributed by atoms with van der Waals surface area (Å²) in [5, 5.41) is 21.2. The minimum Gasteiger partial charge on any atom is -0.507 e. The minimum atomic E-state index is -3.87. The first kappa shape index (κ1) is 21.6. The molecule has 0 unspecified atom stereocenters. The Morgan fingerprint density at radius 2 is 1.77 bits per heavy atom. The van der Waals surface area contributed by atoms with Crippen LogP contribution in [0.25, 0.3) is 0 Å². The number of carbonyl (C=O) groups excluding carboxylic acids is 1. The van der Waals surface area contributed by atoms with Gasteiger partial charge in [0.2, 0.25) is 15.9 Å². The van der Waals surface area contributed by atoms with Crippen molar-refractivity contribution >= 4 is 27.6 Å². The van der Waals surface area contributed by atoms with E-state index in [9.17, 15) is 23.1 Å². The first-order valence-electron chi connectivity index (χ1n) is 9.21. The van der Waals surface area contributed by atoms with Crippen LogP contribution in [0.5, 0.6) is 17.2 Å². The van der Waals surface area contributed by atoms with E-state index in [2.05, 4.69) is 10.0 Å². The van der Waals surface area contributed by atoms with E-state index >= 15 is 0 Å². The van der Waals surface area contributed by atoms with Crippen molar-refractivity contribution in [2.24, 2.45) is 0 Å². The van der Waals surface area contributed by atoms with Crippen LogP contribution < -0.4 is 14.8 Å². The fraction of sp³-hybridized carbons (Fsp3) is 0.300. The van der Waals surface area contributed by atoms with Crippen LogP contribution in [0.2, 0.25) is 0 Å². The summed E-state index contributed by atoms with van der Waals surface area (Å²) in [5.74, 6) is -1.57. The van der Waals surface area contributed by atoms with Gasteiger partial charge in [0.25, 0.3) is 0 Å². The van der Waals surface area contributed by atoms with Crippen molar-refractivity contribution in [2.75, 3.05) is 5.32 Å². The molecule has 1 aliphatic carbocycles. The normalized spacial score (nSPS) is 13.7. The highest BCUT2D eigenvalue weighted by molar-refractivity contribution is 7.89. The van der Waals surface area contributed by atoms with Crippen molar-refractivity contribution in [2.45, 2.75) is 44.0 Å². The molecule has 1 aliphatic rings. The average molecular weight is 434 g/mol. The van der Waals surface area contributed by atoms with Crippen molar-refractivity contribution in [3.63, 3.8) is 0 Å². The zero-order valence-corrected chi connectivity index (χ0v) is 17.2. The number of carboxylic acids is 1. The number of carboxylic acid groups (broad SMARTS) is 1. The molecule has 4 N–H and O–H groups in total.